The van der Waals surface area contributed by atoms with Crippen LogP contribution in [0.2, 0.25) is 0 Å². The molecule has 0 aliphatic carbocycles. The van der Waals surface area contributed by atoms with E-state index in [1.54, 1.807) is 69.5 Å². The molecule has 2 aromatic carbocycles. The second kappa shape index (κ2) is 10.1. The molecule has 0 saturated carbocycles. The largest absolute Gasteiger partial charge is 0.497 e. The standard InChI is InChI=1S/C22H23N3O5S/c1-13(2)30-21(28)14-4-6-15(7-5-14)23-20(27)18-12-19(26)25-22(31-18)24-16-8-10-17(29-3)11-9-16/h4-11,13,18H,12H2,1-3H3,(H,23,27)(H,24,25,26)/t18-/m0/s1. The molecule has 1 aliphatic rings. The number of nitrogens with one attached hydrogen (secondary N) is 2. The number of benzene rings is 2. The molecule has 2 N–H and O–H groups in total. The predicted octanol–water partition coefficient (Wildman–Crippen LogP) is 3.51. The second-order valence-corrected chi connectivity index (χ2v) is 8.19. The van der Waals surface area contributed by atoms with Gasteiger partial charge in [0.1, 0.15) is 11.0 Å². The van der Waals surface area contributed by atoms with Gasteiger partial charge < -0.3 is 20.1 Å². The number of carbonyl (C=O) groups is 3. The molecule has 1 saturated heterocycles. The molecule has 1 heterocycles. The molecule has 0 radical (unpaired) electrons. The summed E-state index contributed by atoms with van der Waals surface area (Å²) in [5, 5.41) is 5.19. The number of rotatable bonds is 6. The normalized spacial score (nSPS) is 17.2. The molecule has 2 aromatic rings. The quantitative estimate of drug-likeness (QED) is 0.665. The zero-order valence-corrected chi connectivity index (χ0v) is 18.2. The molecule has 8 nitrogen and oxygen atoms in total. The van der Waals surface area contributed by atoms with E-state index in [1.807, 2.05) is 0 Å². The van der Waals surface area contributed by atoms with Crippen molar-refractivity contribution >= 4 is 46.1 Å². The Morgan fingerprint density at radius 2 is 1.81 bits per heavy atom. The number of ether oxygens (including phenoxy) is 2. The molecule has 31 heavy (non-hydrogen) atoms. The first-order chi connectivity index (χ1) is 14.8. The van der Waals surface area contributed by atoms with Gasteiger partial charge >= 0.3 is 5.97 Å². The summed E-state index contributed by atoms with van der Waals surface area (Å²) in [4.78, 5) is 41.1. The van der Waals surface area contributed by atoms with Crippen LogP contribution in [0.5, 0.6) is 5.75 Å². The molecule has 0 aromatic heterocycles. The smallest absolute Gasteiger partial charge is 0.338 e. The van der Waals surface area contributed by atoms with Crippen LogP contribution in [-0.4, -0.2) is 41.4 Å². The molecule has 1 aliphatic heterocycles. The first-order valence-corrected chi connectivity index (χ1v) is 10.5. The van der Waals surface area contributed by atoms with Gasteiger partial charge in [-0.25, -0.2) is 9.79 Å². The lowest BCUT2D eigenvalue weighted by Gasteiger charge is -2.22. The predicted molar refractivity (Wildman–Crippen MR) is 120 cm³/mol. The van der Waals surface area contributed by atoms with Crippen molar-refractivity contribution in [3.8, 4) is 5.75 Å². The Morgan fingerprint density at radius 3 is 2.42 bits per heavy atom. The number of amides is 2. The van der Waals surface area contributed by atoms with Gasteiger partial charge in [-0.2, -0.15) is 0 Å². The number of methoxy groups -OCH3 is 1. The van der Waals surface area contributed by atoms with Crippen LogP contribution in [0.3, 0.4) is 0 Å². The topological polar surface area (TPSA) is 106 Å². The maximum Gasteiger partial charge on any atom is 0.338 e. The fourth-order valence-corrected chi connectivity index (χ4v) is 3.71. The van der Waals surface area contributed by atoms with Crippen molar-refractivity contribution in [1.29, 1.82) is 0 Å². The average Bonchev–Trinajstić information content (AvgIpc) is 2.74. The molecule has 0 bridgehead atoms. The highest BCUT2D eigenvalue weighted by molar-refractivity contribution is 8.15. The van der Waals surface area contributed by atoms with Crippen LogP contribution < -0.4 is 15.4 Å². The Morgan fingerprint density at radius 1 is 1.13 bits per heavy atom. The lowest BCUT2D eigenvalue weighted by molar-refractivity contribution is -0.123. The molecule has 3 rings (SSSR count). The van der Waals surface area contributed by atoms with Crippen molar-refractivity contribution in [2.45, 2.75) is 31.6 Å². The minimum absolute atomic E-state index is 0.0386. The minimum Gasteiger partial charge on any atom is -0.497 e. The summed E-state index contributed by atoms with van der Waals surface area (Å²) < 4.78 is 10.3. The number of aliphatic imine (C=N–C) groups is 1. The zero-order valence-electron chi connectivity index (χ0n) is 17.4. The molecule has 2 amide bonds. The summed E-state index contributed by atoms with van der Waals surface area (Å²) in [5.74, 6) is -0.325. The molecule has 1 fully saturated rings. The van der Waals surface area contributed by atoms with Crippen LogP contribution in [-0.2, 0) is 14.3 Å². The number of thioether (sulfide) groups is 1. The Kier molecular flexibility index (Phi) is 7.30. The Balaban J connectivity index is 1.64. The van der Waals surface area contributed by atoms with Crippen molar-refractivity contribution < 1.29 is 23.9 Å². The highest BCUT2D eigenvalue weighted by Gasteiger charge is 2.30. The van der Waals surface area contributed by atoms with E-state index in [0.29, 0.717) is 27.9 Å². The summed E-state index contributed by atoms with van der Waals surface area (Å²) >= 11 is 1.18. The van der Waals surface area contributed by atoms with Gasteiger partial charge in [0, 0.05) is 12.1 Å². The number of hydrogen-bond acceptors (Lipinski definition) is 7. The molecular weight excluding hydrogens is 418 g/mol. The molecule has 9 heteroatoms. The summed E-state index contributed by atoms with van der Waals surface area (Å²) in [7, 11) is 1.58. The van der Waals surface area contributed by atoms with Crippen LogP contribution in [0.1, 0.15) is 30.6 Å². The van der Waals surface area contributed by atoms with E-state index >= 15 is 0 Å². The molecule has 0 unspecified atom stereocenters. The van der Waals surface area contributed by atoms with E-state index in [1.165, 1.54) is 11.8 Å². The first-order valence-electron chi connectivity index (χ1n) is 9.65. The fraction of sp³-hybridized carbons (Fsp3) is 0.273. The van der Waals surface area contributed by atoms with E-state index in [2.05, 4.69) is 15.6 Å². The first kappa shape index (κ1) is 22.4. The van der Waals surface area contributed by atoms with Gasteiger partial charge in [0.05, 0.1) is 24.5 Å². The molecule has 0 spiro atoms. The van der Waals surface area contributed by atoms with Crippen molar-refractivity contribution in [1.82, 2.24) is 5.32 Å². The Labute approximate surface area is 184 Å². The average molecular weight is 442 g/mol. The van der Waals surface area contributed by atoms with E-state index in [4.69, 9.17) is 9.47 Å². The van der Waals surface area contributed by atoms with Gasteiger partial charge in [-0.3, -0.25) is 9.59 Å². The number of carbonyl (C=O) groups excluding carboxylic acids is 3. The SMILES string of the molecule is COc1ccc(N=C2NC(=O)C[C@@H](C(=O)Nc3ccc(C(=O)OC(C)C)cc3)S2)cc1. The van der Waals surface area contributed by atoms with Crippen LogP contribution in [0.25, 0.3) is 0 Å². The van der Waals surface area contributed by atoms with Crippen LogP contribution in [0.4, 0.5) is 11.4 Å². The summed E-state index contributed by atoms with van der Waals surface area (Å²) in [6, 6.07) is 13.4. The molecular formula is C22H23N3O5S. The van der Waals surface area contributed by atoms with E-state index in [-0.39, 0.29) is 24.3 Å². The third-order valence-corrected chi connectivity index (χ3v) is 5.28. The van der Waals surface area contributed by atoms with Gasteiger partial charge in [0.2, 0.25) is 11.8 Å². The van der Waals surface area contributed by atoms with E-state index in [0.717, 1.165) is 0 Å². The third kappa shape index (κ3) is 6.32. The lowest BCUT2D eigenvalue weighted by atomic mass is 10.2. The van der Waals surface area contributed by atoms with Crippen LogP contribution in [0.15, 0.2) is 53.5 Å². The third-order valence-electron chi connectivity index (χ3n) is 4.20. The number of esters is 1. The summed E-state index contributed by atoms with van der Waals surface area (Å²) in [6.07, 6.45) is -0.174. The maximum absolute atomic E-state index is 12.7. The van der Waals surface area contributed by atoms with Crippen molar-refractivity contribution in [3.05, 3.63) is 54.1 Å². The zero-order chi connectivity index (χ0) is 22.4. The van der Waals surface area contributed by atoms with Crippen molar-refractivity contribution in [2.75, 3.05) is 12.4 Å². The molecule has 1 atom stereocenters. The number of anilines is 1. The van der Waals surface area contributed by atoms with E-state index < -0.39 is 11.2 Å². The van der Waals surface area contributed by atoms with Crippen LogP contribution >= 0.6 is 11.8 Å². The van der Waals surface area contributed by atoms with Gasteiger partial charge in [-0.1, -0.05) is 11.8 Å². The van der Waals surface area contributed by atoms with E-state index in [9.17, 15) is 14.4 Å². The Hall–Kier alpha value is -3.33. The van der Waals surface area contributed by atoms with Gasteiger partial charge in [-0.05, 0) is 62.4 Å². The number of hydrogen-bond donors (Lipinski definition) is 2. The fourth-order valence-electron chi connectivity index (χ4n) is 2.71. The van der Waals surface area contributed by atoms with Crippen LogP contribution in [0, 0.1) is 0 Å². The minimum atomic E-state index is -0.628. The summed E-state index contributed by atoms with van der Waals surface area (Å²) in [5.41, 5.74) is 1.55. The van der Waals surface area contributed by atoms with Gasteiger partial charge in [-0.15, -0.1) is 0 Å². The monoisotopic (exact) mass is 441 g/mol. The number of nitrogens with zero attached hydrogens (tertiary/aromatic N) is 1. The summed E-state index contributed by atoms with van der Waals surface area (Å²) in [6.45, 7) is 3.55. The maximum atomic E-state index is 12.7. The number of amidine groups is 1. The highest BCUT2D eigenvalue weighted by atomic mass is 32.2. The highest BCUT2D eigenvalue weighted by Crippen LogP contribution is 2.26. The Bertz CT molecular complexity index is 987. The lowest BCUT2D eigenvalue weighted by Crippen LogP contribution is -2.41. The van der Waals surface area contributed by atoms with Gasteiger partial charge in [0.15, 0.2) is 5.17 Å². The molecule has 162 valence electrons. The van der Waals surface area contributed by atoms with Crippen molar-refractivity contribution in [2.24, 2.45) is 4.99 Å². The van der Waals surface area contributed by atoms with Gasteiger partial charge in [0.25, 0.3) is 0 Å². The van der Waals surface area contributed by atoms with Crippen molar-refractivity contribution in [3.63, 3.8) is 0 Å². The second-order valence-electron chi connectivity index (χ2n) is 6.99.